The van der Waals surface area contributed by atoms with Crippen molar-refractivity contribution < 1.29 is 29.0 Å². The maximum atomic E-state index is 12.3. The van der Waals surface area contributed by atoms with E-state index in [1.54, 1.807) is 13.8 Å². The Balaban J connectivity index is 4.94. The third-order valence-electron chi connectivity index (χ3n) is 3.29. The van der Waals surface area contributed by atoms with Gasteiger partial charge in [0, 0.05) is 6.92 Å². The van der Waals surface area contributed by atoms with E-state index in [1.165, 1.54) is 6.92 Å². The van der Waals surface area contributed by atoms with E-state index < -0.39 is 35.8 Å². The smallest absolute Gasteiger partial charge is 0.326 e. The second-order valence-corrected chi connectivity index (χ2v) is 6.17. The van der Waals surface area contributed by atoms with Gasteiger partial charge in [0.15, 0.2) is 0 Å². The molecule has 0 bridgehead atoms. The van der Waals surface area contributed by atoms with E-state index in [-0.39, 0.29) is 24.9 Å². The number of hydrogen-bond donors (Lipinski definition) is 3. The first-order valence-corrected chi connectivity index (χ1v) is 8.05. The molecule has 0 aliphatic heterocycles. The third kappa shape index (κ3) is 8.50. The number of esters is 1. The SMILES string of the molecule is CCOC(=O)[C@@H](C)C[C@@H](NC(=O)[C@H](CC(C)C)NC(C)=O)C(=O)O. The van der Waals surface area contributed by atoms with Crippen molar-refractivity contribution in [1.29, 1.82) is 0 Å². The number of carbonyl (C=O) groups excluding carboxylic acids is 3. The van der Waals surface area contributed by atoms with Crippen molar-refractivity contribution in [2.45, 2.75) is 59.5 Å². The van der Waals surface area contributed by atoms with Crippen LogP contribution in [0, 0.1) is 11.8 Å². The molecule has 3 N–H and O–H groups in total. The van der Waals surface area contributed by atoms with Crippen LogP contribution in [0.2, 0.25) is 0 Å². The molecule has 3 atom stereocenters. The summed E-state index contributed by atoms with van der Waals surface area (Å²) >= 11 is 0. The molecule has 0 aliphatic rings. The van der Waals surface area contributed by atoms with Crippen molar-refractivity contribution in [3.05, 3.63) is 0 Å². The molecule has 8 nitrogen and oxygen atoms in total. The zero-order valence-corrected chi connectivity index (χ0v) is 14.9. The molecule has 0 aromatic heterocycles. The van der Waals surface area contributed by atoms with E-state index in [4.69, 9.17) is 4.74 Å². The Morgan fingerprint density at radius 3 is 2.00 bits per heavy atom. The van der Waals surface area contributed by atoms with E-state index in [9.17, 15) is 24.3 Å². The highest BCUT2D eigenvalue weighted by molar-refractivity contribution is 5.90. The minimum Gasteiger partial charge on any atom is -0.480 e. The summed E-state index contributed by atoms with van der Waals surface area (Å²) in [6, 6.07) is -2.05. The van der Waals surface area contributed by atoms with Gasteiger partial charge in [-0.15, -0.1) is 0 Å². The van der Waals surface area contributed by atoms with Crippen molar-refractivity contribution in [3.8, 4) is 0 Å². The maximum Gasteiger partial charge on any atom is 0.326 e. The zero-order valence-electron chi connectivity index (χ0n) is 14.9. The molecule has 24 heavy (non-hydrogen) atoms. The Hall–Kier alpha value is -2.12. The van der Waals surface area contributed by atoms with Crippen molar-refractivity contribution in [3.63, 3.8) is 0 Å². The predicted molar refractivity (Wildman–Crippen MR) is 87.0 cm³/mol. The first kappa shape index (κ1) is 21.9. The highest BCUT2D eigenvalue weighted by atomic mass is 16.5. The lowest BCUT2D eigenvalue weighted by atomic mass is 9.99. The molecule has 0 saturated carbocycles. The summed E-state index contributed by atoms with van der Waals surface area (Å²) in [6.07, 6.45) is 0.291. The number of hydrogen-bond acceptors (Lipinski definition) is 5. The molecule has 0 radical (unpaired) electrons. The van der Waals surface area contributed by atoms with Gasteiger partial charge in [0.2, 0.25) is 11.8 Å². The number of ether oxygens (including phenoxy) is 1. The van der Waals surface area contributed by atoms with Gasteiger partial charge >= 0.3 is 11.9 Å². The van der Waals surface area contributed by atoms with Gasteiger partial charge < -0.3 is 20.5 Å². The second-order valence-electron chi connectivity index (χ2n) is 6.17. The molecule has 0 saturated heterocycles. The van der Waals surface area contributed by atoms with Gasteiger partial charge in [-0.1, -0.05) is 20.8 Å². The number of carboxylic acid groups (broad SMARTS) is 1. The van der Waals surface area contributed by atoms with Crippen LogP contribution in [0.15, 0.2) is 0 Å². The lowest BCUT2D eigenvalue weighted by Crippen LogP contribution is -2.52. The molecule has 138 valence electrons. The minimum absolute atomic E-state index is 0.0889. The average Bonchev–Trinajstić information content (AvgIpc) is 2.44. The molecule has 0 aliphatic carbocycles. The summed E-state index contributed by atoms with van der Waals surface area (Å²) < 4.78 is 4.84. The highest BCUT2D eigenvalue weighted by Crippen LogP contribution is 2.11. The highest BCUT2D eigenvalue weighted by Gasteiger charge is 2.29. The van der Waals surface area contributed by atoms with E-state index in [0.717, 1.165) is 0 Å². The minimum atomic E-state index is -1.24. The first-order valence-electron chi connectivity index (χ1n) is 8.05. The molecule has 0 aromatic carbocycles. The lowest BCUT2D eigenvalue weighted by Gasteiger charge is -2.23. The number of carboxylic acids is 1. The summed E-state index contributed by atoms with van der Waals surface area (Å²) in [5.74, 6) is -3.25. The Kier molecular flexibility index (Phi) is 9.68. The number of amides is 2. The number of rotatable bonds is 10. The van der Waals surface area contributed by atoms with Crippen LogP contribution < -0.4 is 10.6 Å². The Morgan fingerprint density at radius 2 is 1.58 bits per heavy atom. The second kappa shape index (κ2) is 10.6. The Labute approximate surface area is 142 Å². The van der Waals surface area contributed by atoms with Crippen molar-refractivity contribution in [2.24, 2.45) is 11.8 Å². The van der Waals surface area contributed by atoms with Crippen LogP contribution in [0.1, 0.15) is 47.5 Å². The molecule has 2 amide bonds. The van der Waals surface area contributed by atoms with Crippen LogP contribution >= 0.6 is 0 Å². The fourth-order valence-corrected chi connectivity index (χ4v) is 2.18. The number of nitrogens with one attached hydrogen (secondary N) is 2. The molecular weight excluding hydrogens is 316 g/mol. The van der Waals surface area contributed by atoms with Gasteiger partial charge in [-0.3, -0.25) is 14.4 Å². The normalized spacial score (nSPS) is 14.4. The molecule has 0 unspecified atom stereocenters. The Morgan fingerprint density at radius 1 is 1.00 bits per heavy atom. The van der Waals surface area contributed by atoms with E-state index in [1.807, 2.05) is 13.8 Å². The molecule has 0 heterocycles. The summed E-state index contributed by atoms with van der Waals surface area (Å²) in [4.78, 5) is 46.5. The Bertz CT molecular complexity index is 463. The average molecular weight is 344 g/mol. The number of carbonyl (C=O) groups is 4. The summed E-state index contributed by atoms with van der Waals surface area (Å²) in [5, 5.41) is 14.2. The lowest BCUT2D eigenvalue weighted by molar-refractivity contribution is -0.149. The predicted octanol–water partition coefficient (Wildman–Crippen LogP) is 0.696. The summed E-state index contributed by atoms with van der Waals surface area (Å²) in [6.45, 7) is 8.47. The quantitative estimate of drug-likeness (QED) is 0.501. The van der Waals surface area contributed by atoms with Gasteiger partial charge in [-0.25, -0.2) is 4.79 Å². The van der Waals surface area contributed by atoms with Crippen LogP contribution in [0.3, 0.4) is 0 Å². The van der Waals surface area contributed by atoms with Gasteiger partial charge in [0.25, 0.3) is 0 Å². The van der Waals surface area contributed by atoms with Crippen LogP contribution in [0.25, 0.3) is 0 Å². The van der Waals surface area contributed by atoms with E-state index in [0.29, 0.717) is 6.42 Å². The maximum absolute atomic E-state index is 12.3. The zero-order chi connectivity index (χ0) is 18.9. The van der Waals surface area contributed by atoms with Crippen LogP contribution in [-0.4, -0.2) is 47.6 Å². The van der Waals surface area contributed by atoms with Gasteiger partial charge in [-0.2, -0.15) is 0 Å². The molecule has 0 rings (SSSR count). The molecular formula is C16H28N2O6. The fourth-order valence-electron chi connectivity index (χ4n) is 2.18. The van der Waals surface area contributed by atoms with Crippen molar-refractivity contribution in [2.75, 3.05) is 6.61 Å². The summed E-state index contributed by atoms with van der Waals surface area (Å²) in [7, 11) is 0. The monoisotopic (exact) mass is 344 g/mol. The molecule has 0 fully saturated rings. The van der Waals surface area contributed by atoms with Gasteiger partial charge in [0.05, 0.1) is 12.5 Å². The largest absolute Gasteiger partial charge is 0.480 e. The van der Waals surface area contributed by atoms with Crippen LogP contribution in [-0.2, 0) is 23.9 Å². The molecule has 0 spiro atoms. The van der Waals surface area contributed by atoms with Gasteiger partial charge in [0.1, 0.15) is 12.1 Å². The van der Waals surface area contributed by atoms with Crippen molar-refractivity contribution in [1.82, 2.24) is 10.6 Å². The van der Waals surface area contributed by atoms with Crippen LogP contribution in [0.4, 0.5) is 0 Å². The molecule has 8 heteroatoms. The third-order valence-corrected chi connectivity index (χ3v) is 3.29. The van der Waals surface area contributed by atoms with Gasteiger partial charge in [-0.05, 0) is 25.7 Å². The number of aliphatic carboxylic acids is 1. The fraction of sp³-hybridized carbons (Fsp3) is 0.750. The first-order chi connectivity index (χ1) is 11.1. The molecule has 0 aromatic rings. The van der Waals surface area contributed by atoms with Crippen LogP contribution in [0.5, 0.6) is 0 Å². The summed E-state index contributed by atoms with van der Waals surface area (Å²) in [5.41, 5.74) is 0. The topological polar surface area (TPSA) is 122 Å². The van der Waals surface area contributed by atoms with Crippen molar-refractivity contribution >= 4 is 23.8 Å². The van der Waals surface area contributed by atoms with E-state index in [2.05, 4.69) is 10.6 Å². The van der Waals surface area contributed by atoms with E-state index >= 15 is 0 Å². The standard InChI is InChI=1S/C16H28N2O6/c1-6-24-16(23)10(4)8-13(15(21)22)18-14(20)12(7-9(2)3)17-11(5)19/h9-10,12-13H,6-8H2,1-5H3,(H,17,19)(H,18,20)(H,21,22)/t10-,12-,13+/m0/s1.